The number of urea groups is 1. The highest BCUT2D eigenvalue weighted by molar-refractivity contribution is 8.00. The van der Waals surface area contributed by atoms with E-state index in [1.165, 1.54) is 61.0 Å². The van der Waals surface area contributed by atoms with Crippen molar-refractivity contribution in [3.63, 3.8) is 0 Å². The van der Waals surface area contributed by atoms with Crippen LogP contribution in [0.2, 0.25) is 0 Å². The number of carbonyl (C=O) groups is 1. The van der Waals surface area contributed by atoms with E-state index in [1.54, 1.807) is 0 Å². The highest BCUT2D eigenvalue weighted by Crippen LogP contribution is 2.32. The summed E-state index contributed by atoms with van der Waals surface area (Å²) in [4.78, 5) is 16.4. The molecule has 1 N–H and O–H groups in total. The number of nitrogens with one attached hydrogen (secondary N) is 1. The van der Waals surface area contributed by atoms with Gasteiger partial charge in [0.15, 0.2) is 0 Å². The van der Waals surface area contributed by atoms with Crippen LogP contribution >= 0.6 is 11.8 Å². The third-order valence-corrected chi connectivity index (χ3v) is 7.74. The Morgan fingerprint density at radius 3 is 2.26 bits per heavy atom. The lowest BCUT2D eigenvalue weighted by Gasteiger charge is -2.25. The second-order valence-corrected chi connectivity index (χ2v) is 12.8. The van der Waals surface area contributed by atoms with E-state index in [2.05, 4.69) is 57.3 Å². The van der Waals surface area contributed by atoms with Crippen LogP contribution in [0.25, 0.3) is 0 Å². The van der Waals surface area contributed by atoms with Crippen molar-refractivity contribution in [2.45, 2.75) is 95.1 Å². The normalized spacial score (nSPS) is 14.7. The molecule has 2 aromatic rings. The first kappa shape index (κ1) is 26.7. The Morgan fingerprint density at radius 1 is 0.941 bits per heavy atom. The van der Waals surface area contributed by atoms with Crippen molar-refractivity contribution in [1.29, 1.82) is 0 Å². The summed E-state index contributed by atoms with van der Waals surface area (Å²) >= 11 is 1.89. The van der Waals surface area contributed by atoms with Crippen LogP contribution in [0.3, 0.4) is 0 Å². The molecule has 0 heterocycles. The molecule has 1 aliphatic carbocycles. The number of thioether (sulfide) groups is 1. The van der Waals surface area contributed by atoms with E-state index in [0.717, 1.165) is 37.5 Å². The predicted octanol–water partition coefficient (Wildman–Crippen LogP) is 8.71. The summed E-state index contributed by atoms with van der Waals surface area (Å²) in [5.74, 6) is 0.910. The van der Waals surface area contributed by atoms with E-state index < -0.39 is 0 Å². The summed E-state index contributed by atoms with van der Waals surface area (Å²) in [6, 6.07) is 16.9. The molecular weight excluding hydrogens is 436 g/mol. The number of hydrogen-bond donors (Lipinski definition) is 1. The van der Waals surface area contributed by atoms with Crippen LogP contribution < -0.4 is 5.32 Å². The molecule has 2 aromatic carbocycles. The Kier molecular flexibility index (Phi) is 10.4. The van der Waals surface area contributed by atoms with E-state index in [1.807, 2.05) is 40.9 Å². The maximum atomic E-state index is 13.1. The van der Waals surface area contributed by atoms with Crippen LogP contribution in [-0.2, 0) is 6.42 Å². The third kappa shape index (κ3) is 9.74. The average Bonchev–Trinajstić information content (AvgIpc) is 2.80. The predicted molar refractivity (Wildman–Crippen MR) is 148 cm³/mol. The van der Waals surface area contributed by atoms with Crippen molar-refractivity contribution >= 4 is 23.5 Å². The van der Waals surface area contributed by atoms with Crippen LogP contribution in [0.5, 0.6) is 0 Å². The molecule has 0 aromatic heterocycles. The minimum Gasteiger partial charge on any atom is -0.324 e. The summed E-state index contributed by atoms with van der Waals surface area (Å²) < 4.78 is 0.212. The van der Waals surface area contributed by atoms with Gasteiger partial charge < -0.3 is 10.2 Å². The number of carbonyl (C=O) groups excluding carboxylic acids is 1. The molecule has 3 rings (SSSR count). The summed E-state index contributed by atoms with van der Waals surface area (Å²) in [6.45, 7) is 10.4. The van der Waals surface area contributed by atoms with E-state index in [0.29, 0.717) is 0 Å². The lowest BCUT2D eigenvalue weighted by Crippen LogP contribution is -2.37. The van der Waals surface area contributed by atoms with E-state index in [9.17, 15) is 4.79 Å². The van der Waals surface area contributed by atoms with Gasteiger partial charge >= 0.3 is 6.03 Å². The Bertz CT molecular complexity index is 864. The molecule has 1 aliphatic rings. The Hall–Kier alpha value is -1.94. The Labute approximate surface area is 212 Å². The summed E-state index contributed by atoms with van der Waals surface area (Å²) in [5, 5.41) is 3.11. The van der Waals surface area contributed by atoms with Gasteiger partial charge in [0.1, 0.15) is 0 Å². The van der Waals surface area contributed by atoms with Crippen LogP contribution in [0.1, 0.15) is 83.3 Å². The van der Waals surface area contributed by atoms with E-state index in [4.69, 9.17) is 0 Å². The van der Waals surface area contributed by atoms with Crippen molar-refractivity contribution in [2.24, 2.45) is 5.92 Å². The van der Waals surface area contributed by atoms with E-state index >= 15 is 0 Å². The molecular formula is C30H44N2OS. The molecule has 34 heavy (non-hydrogen) atoms. The van der Waals surface area contributed by atoms with Crippen molar-refractivity contribution in [3.8, 4) is 0 Å². The highest BCUT2D eigenvalue weighted by Gasteiger charge is 2.16. The molecule has 0 bridgehead atoms. The number of aryl methyl sites for hydroxylation is 1. The maximum Gasteiger partial charge on any atom is 0.321 e. The molecule has 0 unspecified atom stereocenters. The summed E-state index contributed by atoms with van der Waals surface area (Å²) in [5.41, 5.74) is 3.35. The van der Waals surface area contributed by atoms with Crippen molar-refractivity contribution < 1.29 is 4.79 Å². The SMILES string of the molecule is Cc1ccc(NC(=O)N(CCCCC2CCCCC2)CCc2ccc(SC(C)(C)C)cc2)cc1. The van der Waals surface area contributed by atoms with Gasteiger partial charge in [0, 0.05) is 28.4 Å². The zero-order valence-electron chi connectivity index (χ0n) is 21.7. The summed E-state index contributed by atoms with van der Waals surface area (Å²) in [6.07, 6.45) is 11.5. The van der Waals surface area contributed by atoms with Gasteiger partial charge in [-0.2, -0.15) is 0 Å². The quantitative estimate of drug-likeness (QED) is 0.272. The molecule has 0 saturated heterocycles. The fraction of sp³-hybridized carbons (Fsp3) is 0.567. The molecule has 1 saturated carbocycles. The molecule has 1 fully saturated rings. The van der Waals surface area contributed by atoms with Gasteiger partial charge in [0.2, 0.25) is 0 Å². The monoisotopic (exact) mass is 480 g/mol. The standard InChI is InChI=1S/C30H44N2OS/c1-24-13-17-27(18-14-24)31-29(33)32(22-9-8-12-25-10-6-5-7-11-25)23-21-26-15-19-28(20-16-26)34-30(2,3)4/h13-20,25H,5-12,21-23H2,1-4H3,(H,31,33). The largest absolute Gasteiger partial charge is 0.324 e. The maximum absolute atomic E-state index is 13.1. The first-order valence-corrected chi connectivity index (χ1v) is 14.0. The zero-order valence-corrected chi connectivity index (χ0v) is 22.6. The third-order valence-electron chi connectivity index (χ3n) is 6.62. The number of rotatable bonds is 10. The van der Waals surface area contributed by atoms with Crippen LogP contribution in [0.15, 0.2) is 53.4 Å². The number of benzene rings is 2. The van der Waals surface area contributed by atoms with Gasteiger partial charge in [-0.25, -0.2) is 4.79 Å². The molecule has 0 atom stereocenters. The molecule has 0 radical (unpaired) electrons. The van der Waals surface area contributed by atoms with Gasteiger partial charge in [-0.3, -0.25) is 0 Å². The number of amides is 2. The van der Waals surface area contributed by atoms with Gasteiger partial charge in [-0.1, -0.05) is 95.5 Å². The van der Waals surface area contributed by atoms with Crippen LogP contribution in [-0.4, -0.2) is 28.8 Å². The lowest BCUT2D eigenvalue weighted by atomic mass is 9.86. The van der Waals surface area contributed by atoms with Gasteiger partial charge in [-0.15, -0.1) is 11.8 Å². The van der Waals surface area contributed by atoms with Crippen molar-refractivity contribution in [2.75, 3.05) is 18.4 Å². The zero-order chi connectivity index (χ0) is 24.4. The molecule has 0 aliphatic heterocycles. The van der Waals surface area contributed by atoms with Crippen molar-refractivity contribution in [1.82, 2.24) is 4.90 Å². The number of nitrogens with zero attached hydrogens (tertiary/aromatic N) is 1. The first-order valence-electron chi connectivity index (χ1n) is 13.2. The molecule has 0 spiro atoms. The highest BCUT2D eigenvalue weighted by atomic mass is 32.2. The minimum atomic E-state index is 0.0152. The fourth-order valence-electron chi connectivity index (χ4n) is 4.71. The van der Waals surface area contributed by atoms with E-state index in [-0.39, 0.29) is 10.8 Å². The number of hydrogen-bond acceptors (Lipinski definition) is 2. The van der Waals surface area contributed by atoms with Crippen molar-refractivity contribution in [3.05, 3.63) is 59.7 Å². The number of anilines is 1. The average molecular weight is 481 g/mol. The second kappa shape index (κ2) is 13.2. The molecule has 3 nitrogen and oxygen atoms in total. The lowest BCUT2D eigenvalue weighted by molar-refractivity contribution is 0.210. The summed E-state index contributed by atoms with van der Waals surface area (Å²) in [7, 11) is 0. The van der Waals surface area contributed by atoms with Gasteiger partial charge in [0.25, 0.3) is 0 Å². The Balaban J connectivity index is 1.54. The van der Waals surface area contributed by atoms with Crippen LogP contribution in [0.4, 0.5) is 10.5 Å². The smallest absolute Gasteiger partial charge is 0.321 e. The molecule has 2 amide bonds. The van der Waals surface area contributed by atoms with Crippen LogP contribution in [0, 0.1) is 12.8 Å². The second-order valence-electron chi connectivity index (χ2n) is 10.9. The fourth-order valence-corrected chi connectivity index (χ4v) is 5.69. The Morgan fingerprint density at radius 2 is 1.62 bits per heavy atom. The topological polar surface area (TPSA) is 32.3 Å². The first-order chi connectivity index (χ1) is 16.3. The number of unbranched alkanes of at least 4 members (excludes halogenated alkanes) is 1. The van der Waals surface area contributed by atoms with Gasteiger partial charge in [-0.05, 0) is 55.5 Å². The molecule has 186 valence electrons. The molecule has 4 heteroatoms. The van der Waals surface area contributed by atoms with Gasteiger partial charge in [0.05, 0.1) is 0 Å². The minimum absolute atomic E-state index is 0.0152.